The Kier molecular flexibility index (Phi) is 4.27. The van der Waals surface area contributed by atoms with Crippen molar-refractivity contribution in [1.29, 1.82) is 0 Å². The van der Waals surface area contributed by atoms with Crippen molar-refractivity contribution in [3.63, 3.8) is 0 Å². The highest BCUT2D eigenvalue weighted by molar-refractivity contribution is 7.12. The molecular formula is C14H12N2O3S. The van der Waals surface area contributed by atoms with E-state index in [-0.39, 0.29) is 11.6 Å². The average Bonchev–Trinajstić information content (AvgIpc) is 2.82. The van der Waals surface area contributed by atoms with Crippen molar-refractivity contribution in [2.45, 2.75) is 6.92 Å². The maximum absolute atomic E-state index is 11.7. The molecule has 0 saturated carbocycles. The van der Waals surface area contributed by atoms with Crippen LogP contribution >= 0.6 is 11.3 Å². The van der Waals surface area contributed by atoms with Crippen LogP contribution in [-0.2, 0) is 4.79 Å². The fourth-order valence-electron chi connectivity index (χ4n) is 1.51. The second kappa shape index (κ2) is 6.12. The van der Waals surface area contributed by atoms with E-state index in [1.807, 2.05) is 19.1 Å². The zero-order chi connectivity index (χ0) is 14.5. The van der Waals surface area contributed by atoms with Gasteiger partial charge in [-0.2, -0.15) is 0 Å². The Labute approximate surface area is 119 Å². The number of anilines is 1. The van der Waals surface area contributed by atoms with E-state index in [9.17, 15) is 9.59 Å². The maximum Gasteiger partial charge on any atom is 0.354 e. The molecule has 0 fully saturated rings. The minimum atomic E-state index is -1.13. The van der Waals surface area contributed by atoms with Crippen molar-refractivity contribution in [3.8, 4) is 0 Å². The van der Waals surface area contributed by atoms with Crippen LogP contribution in [0, 0.1) is 6.92 Å². The molecule has 102 valence electrons. The van der Waals surface area contributed by atoms with Crippen molar-refractivity contribution < 1.29 is 14.7 Å². The second-order valence-electron chi connectivity index (χ2n) is 4.01. The van der Waals surface area contributed by atoms with Gasteiger partial charge in [-0.05, 0) is 37.3 Å². The maximum atomic E-state index is 11.7. The molecule has 5 nitrogen and oxygen atoms in total. The molecule has 0 radical (unpaired) electrons. The Morgan fingerprint density at radius 1 is 1.35 bits per heavy atom. The highest BCUT2D eigenvalue weighted by atomic mass is 32.1. The fraction of sp³-hybridized carbons (Fsp3) is 0.0714. The molecular weight excluding hydrogens is 276 g/mol. The lowest BCUT2D eigenvalue weighted by Crippen LogP contribution is -2.09. The molecule has 2 N–H and O–H groups in total. The summed E-state index contributed by atoms with van der Waals surface area (Å²) in [6, 6.07) is 6.75. The molecule has 0 spiro atoms. The summed E-state index contributed by atoms with van der Waals surface area (Å²) in [6.45, 7) is 1.99. The van der Waals surface area contributed by atoms with Crippen LogP contribution < -0.4 is 5.32 Å². The monoisotopic (exact) mass is 288 g/mol. The van der Waals surface area contributed by atoms with Gasteiger partial charge in [-0.25, -0.2) is 9.78 Å². The summed E-state index contributed by atoms with van der Waals surface area (Å²) in [6.07, 6.45) is 4.46. The lowest BCUT2D eigenvalue weighted by atomic mass is 10.3. The molecule has 0 saturated heterocycles. The number of amides is 1. The molecule has 0 unspecified atom stereocenters. The fourth-order valence-corrected chi connectivity index (χ4v) is 2.29. The predicted molar refractivity (Wildman–Crippen MR) is 77.9 cm³/mol. The van der Waals surface area contributed by atoms with E-state index < -0.39 is 5.97 Å². The van der Waals surface area contributed by atoms with Crippen molar-refractivity contribution in [2.24, 2.45) is 0 Å². The highest BCUT2D eigenvalue weighted by Crippen LogP contribution is 2.16. The molecule has 0 aromatic carbocycles. The smallest absolute Gasteiger partial charge is 0.354 e. The van der Waals surface area contributed by atoms with E-state index in [0.29, 0.717) is 5.69 Å². The quantitative estimate of drug-likeness (QED) is 0.848. The Hall–Kier alpha value is -2.47. The lowest BCUT2D eigenvalue weighted by molar-refractivity contribution is -0.111. The first-order chi connectivity index (χ1) is 9.54. The summed E-state index contributed by atoms with van der Waals surface area (Å²) in [5, 5.41) is 11.4. The van der Waals surface area contributed by atoms with Gasteiger partial charge in [-0.3, -0.25) is 4.79 Å². The van der Waals surface area contributed by atoms with E-state index in [2.05, 4.69) is 10.3 Å². The van der Waals surface area contributed by atoms with Gasteiger partial charge in [0.05, 0.1) is 0 Å². The Bertz CT molecular complexity index is 677. The molecule has 0 bridgehead atoms. The molecule has 20 heavy (non-hydrogen) atoms. The van der Waals surface area contributed by atoms with Gasteiger partial charge in [0.15, 0.2) is 0 Å². The molecule has 0 aliphatic rings. The Morgan fingerprint density at radius 2 is 2.15 bits per heavy atom. The lowest BCUT2D eigenvalue weighted by Gasteiger charge is -2.02. The predicted octanol–water partition coefficient (Wildman–Crippen LogP) is 2.80. The number of carboxylic acids is 1. The number of aromatic nitrogens is 1. The molecule has 0 atom stereocenters. The Balaban J connectivity index is 2.02. The minimum absolute atomic E-state index is 0.110. The first kappa shape index (κ1) is 14.0. The number of hydrogen-bond acceptors (Lipinski definition) is 4. The number of carboxylic acid groups (broad SMARTS) is 1. The van der Waals surface area contributed by atoms with Crippen LogP contribution in [0.1, 0.15) is 20.2 Å². The molecule has 0 aliphatic carbocycles. The number of nitrogens with one attached hydrogen (secondary N) is 1. The molecule has 0 aliphatic heterocycles. The molecule has 6 heteroatoms. The third-order valence-corrected chi connectivity index (χ3v) is 3.37. The van der Waals surface area contributed by atoms with Gasteiger partial charge in [0.25, 0.3) is 0 Å². The largest absolute Gasteiger partial charge is 0.477 e. The minimum Gasteiger partial charge on any atom is -0.477 e. The zero-order valence-electron chi connectivity index (χ0n) is 10.7. The highest BCUT2D eigenvalue weighted by Gasteiger charge is 2.06. The van der Waals surface area contributed by atoms with Crippen LogP contribution in [0.15, 0.2) is 36.5 Å². The van der Waals surface area contributed by atoms with Gasteiger partial charge in [-0.15, -0.1) is 11.3 Å². The van der Waals surface area contributed by atoms with Crippen LogP contribution in [0.4, 0.5) is 5.69 Å². The zero-order valence-corrected chi connectivity index (χ0v) is 11.5. The summed E-state index contributed by atoms with van der Waals surface area (Å²) in [5.74, 6) is -1.45. The van der Waals surface area contributed by atoms with Crippen LogP contribution in [-0.4, -0.2) is 22.0 Å². The van der Waals surface area contributed by atoms with Crippen molar-refractivity contribution in [2.75, 3.05) is 5.32 Å². The Morgan fingerprint density at radius 3 is 2.80 bits per heavy atom. The van der Waals surface area contributed by atoms with Gasteiger partial charge in [0.2, 0.25) is 5.91 Å². The van der Waals surface area contributed by atoms with Gasteiger partial charge in [0, 0.05) is 27.7 Å². The number of hydrogen-bond donors (Lipinski definition) is 2. The van der Waals surface area contributed by atoms with Crippen LogP contribution in [0.3, 0.4) is 0 Å². The number of nitrogens with zero attached hydrogens (tertiary/aromatic N) is 1. The number of carbonyl (C=O) groups is 2. The van der Waals surface area contributed by atoms with E-state index in [1.54, 1.807) is 17.4 Å². The number of aryl methyl sites for hydroxylation is 1. The number of carbonyl (C=O) groups excluding carboxylic acids is 1. The normalized spacial score (nSPS) is 10.7. The third-order valence-electron chi connectivity index (χ3n) is 2.41. The standard InChI is InChI=1S/C14H12N2O3S/c1-9-2-3-11(20-9)4-5-13(17)16-10-6-7-15-12(8-10)14(18)19/h2-8H,1H3,(H,18,19)(H,15,16,17). The van der Waals surface area contributed by atoms with Crippen LogP contribution in [0.25, 0.3) is 6.08 Å². The molecule has 2 rings (SSSR count). The third kappa shape index (κ3) is 3.76. The number of rotatable bonds is 4. The molecule has 2 heterocycles. The molecule has 2 aromatic heterocycles. The van der Waals surface area contributed by atoms with E-state index in [0.717, 1.165) is 4.88 Å². The first-order valence-electron chi connectivity index (χ1n) is 5.79. The number of pyridine rings is 1. The summed E-state index contributed by atoms with van der Waals surface area (Å²) < 4.78 is 0. The summed E-state index contributed by atoms with van der Waals surface area (Å²) in [4.78, 5) is 28.3. The summed E-state index contributed by atoms with van der Waals surface area (Å²) >= 11 is 1.59. The van der Waals surface area contributed by atoms with Crippen molar-refractivity contribution in [1.82, 2.24) is 4.98 Å². The summed E-state index contributed by atoms with van der Waals surface area (Å²) in [7, 11) is 0. The summed E-state index contributed by atoms with van der Waals surface area (Å²) in [5.41, 5.74) is 0.287. The second-order valence-corrected chi connectivity index (χ2v) is 5.33. The van der Waals surface area contributed by atoms with Gasteiger partial charge < -0.3 is 10.4 Å². The number of aromatic carboxylic acids is 1. The van der Waals surface area contributed by atoms with Crippen LogP contribution in [0.5, 0.6) is 0 Å². The molecule has 1 amide bonds. The topological polar surface area (TPSA) is 79.3 Å². The number of thiophene rings is 1. The van der Waals surface area contributed by atoms with E-state index >= 15 is 0 Å². The van der Waals surface area contributed by atoms with Crippen molar-refractivity contribution >= 4 is 35.0 Å². The van der Waals surface area contributed by atoms with E-state index in [1.165, 1.54) is 29.3 Å². The van der Waals surface area contributed by atoms with Gasteiger partial charge in [0.1, 0.15) is 5.69 Å². The average molecular weight is 288 g/mol. The van der Waals surface area contributed by atoms with Crippen molar-refractivity contribution in [3.05, 3.63) is 52.0 Å². The SMILES string of the molecule is Cc1ccc(C=CC(=O)Nc2ccnc(C(=O)O)c2)s1. The van der Waals surface area contributed by atoms with E-state index in [4.69, 9.17) is 5.11 Å². The van der Waals surface area contributed by atoms with Crippen LogP contribution in [0.2, 0.25) is 0 Å². The first-order valence-corrected chi connectivity index (χ1v) is 6.61. The van der Waals surface area contributed by atoms with Gasteiger partial charge in [-0.1, -0.05) is 0 Å². The molecule has 2 aromatic rings. The van der Waals surface area contributed by atoms with Gasteiger partial charge >= 0.3 is 5.97 Å².